The molecule has 3 rings (SSSR count). The lowest BCUT2D eigenvalue weighted by molar-refractivity contribution is 0.777. The first kappa shape index (κ1) is 11.7. The van der Waals surface area contributed by atoms with E-state index >= 15 is 0 Å². The van der Waals surface area contributed by atoms with E-state index in [0.717, 1.165) is 30.2 Å². The van der Waals surface area contributed by atoms with Crippen molar-refractivity contribution in [3.8, 4) is 0 Å². The van der Waals surface area contributed by atoms with Gasteiger partial charge in [-0.1, -0.05) is 18.2 Å². The molecule has 0 spiro atoms. The van der Waals surface area contributed by atoms with Crippen molar-refractivity contribution in [1.82, 2.24) is 4.98 Å². The van der Waals surface area contributed by atoms with Crippen LogP contribution in [0.5, 0.6) is 0 Å². The summed E-state index contributed by atoms with van der Waals surface area (Å²) in [6, 6.07) is 8.66. The van der Waals surface area contributed by atoms with E-state index in [4.69, 9.17) is 5.73 Å². The number of anilines is 1. The Kier molecular flexibility index (Phi) is 3.06. The van der Waals surface area contributed by atoms with Gasteiger partial charge in [0.05, 0.1) is 18.3 Å². The zero-order valence-electron chi connectivity index (χ0n) is 10.5. The molecule has 4 heteroatoms. The van der Waals surface area contributed by atoms with Crippen molar-refractivity contribution in [1.29, 1.82) is 0 Å². The molecule has 0 fully saturated rings. The van der Waals surface area contributed by atoms with Gasteiger partial charge in [0, 0.05) is 17.6 Å². The Labute approximate surface area is 111 Å². The lowest BCUT2D eigenvalue weighted by atomic mass is 10.2. The molecule has 1 atom stereocenters. The van der Waals surface area contributed by atoms with Crippen LogP contribution in [0.4, 0.5) is 5.69 Å². The molecule has 0 saturated carbocycles. The highest BCUT2D eigenvalue weighted by molar-refractivity contribution is 7.09. The van der Waals surface area contributed by atoms with Crippen LogP contribution in [0.3, 0.4) is 0 Å². The van der Waals surface area contributed by atoms with E-state index in [1.807, 2.05) is 6.92 Å². The van der Waals surface area contributed by atoms with Crippen LogP contribution in [-0.4, -0.2) is 11.5 Å². The molecular formula is C14H17N3S. The van der Waals surface area contributed by atoms with E-state index in [1.165, 1.54) is 11.3 Å². The number of benzene rings is 1. The van der Waals surface area contributed by atoms with Gasteiger partial charge in [-0.2, -0.15) is 0 Å². The SMILES string of the molecule is CC(N)c1nc(CN2CCc3ccccc32)cs1. The minimum Gasteiger partial charge on any atom is -0.365 e. The Morgan fingerprint density at radius 3 is 3.06 bits per heavy atom. The zero-order valence-corrected chi connectivity index (χ0v) is 11.3. The number of aromatic nitrogens is 1. The second-order valence-electron chi connectivity index (χ2n) is 4.77. The molecule has 1 aliphatic rings. The largest absolute Gasteiger partial charge is 0.365 e. The normalized spacial score (nSPS) is 15.8. The van der Waals surface area contributed by atoms with E-state index in [1.54, 1.807) is 11.3 Å². The van der Waals surface area contributed by atoms with Crippen LogP contribution in [0.2, 0.25) is 0 Å². The summed E-state index contributed by atoms with van der Waals surface area (Å²) in [5.74, 6) is 0. The van der Waals surface area contributed by atoms with Crippen molar-refractivity contribution < 1.29 is 0 Å². The highest BCUT2D eigenvalue weighted by Crippen LogP contribution is 2.29. The third-order valence-electron chi connectivity index (χ3n) is 3.30. The lowest BCUT2D eigenvalue weighted by Gasteiger charge is -2.17. The Bertz CT molecular complexity index is 547. The Balaban J connectivity index is 1.78. The number of fused-ring (bicyclic) bond motifs is 1. The van der Waals surface area contributed by atoms with E-state index in [-0.39, 0.29) is 6.04 Å². The van der Waals surface area contributed by atoms with Gasteiger partial charge in [0.1, 0.15) is 5.01 Å². The molecule has 18 heavy (non-hydrogen) atoms. The summed E-state index contributed by atoms with van der Waals surface area (Å²) < 4.78 is 0. The number of hydrogen-bond donors (Lipinski definition) is 1. The van der Waals surface area contributed by atoms with Gasteiger partial charge in [0.25, 0.3) is 0 Å². The van der Waals surface area contributed by atoms with Gasteiger partial charge in [0.15, 0.2) is 0 Å². The molecule has 3 nitrogen and oxygen atoms in total. The summed E-state index contributed by atoms with van der Waals surface area (Å²) in [4.78, 5) is 7.00. The lowest BCUT2D eigenvalue weighted by Crippen LogP contribution is -2.20. The zero-order chi connectivity index (χ0) is 12.5. The van der Waals surface area contributed by atoms with Crippen molar-refractivity contribution in [3.63, 3.8) is 0 Å². The van der Waals surface area contributed by atoms with Crippen LogP contribution in [0, 0.1) is 0 Å². The number of para-hydroxylation sites is 1. The van der Waals surface area contributed by atoms with Crippen molar-refractivity contribution in [2.24, 2.45) is 5.73 Å². The van der Waals surface area contributed by atoms with Gasteiger partial charge in [-0.05, 0) is 25.0 Å². The van der Waals surface area contributed by atoms with Crippen LogP contribution < -0.4 is 10.6 Å². The fourth-order valence-corrected chi connectivity index (χ4v) is 3.14. The van der Waals surface area contributed by atoms with Crippen LogP contribution in [0.25, 0.3) is 0 Å². The molecule has 0 aliphatic carbocycles. The summed E-state index contributed by atoms with van der Waals surface area (Å²) in [7, 11) is 0. The molecule has 1 aromatic carbocycles. The smallest absolute Gasteiger partial charge is 0.109 e. The minimum atomic E-state index is 0.0367. The molecule has 2 N–H and O–H groups in total. The Morgan fingerprint density at radius 1 is 1.44 bits per heavy atom. The monoisotopic (exact) mass is 259 g/mol. The van der Waals surface area contributed by atoms with Crippen LogP contribution >= 0.6 is 11.3 Å². The van der Waals surface area contributed by atoms with Gasteiger partial charge >= 0.3 is 0 Å². The Hall–Kier alpha value is -1.39. The summed E-state index contributed by atoms with van der Waals surface area (Å²) >= 11 is 1.66. The third-order valence-corrected chi connectivity index (χ3v) is 4.39. The fraction of sp³-hybridized carbons (Fsp3) is 0.357. The maximum Gasteiger partial charge on any atom is 0.109 e. The summed E-state index contributed by atoms with van der Waals surface area (Å²) in [6.45, 7) is 3.96. The number of rotatable bonds is 3. The number of nitrogens with zero attached hydrogens (tertiary/aromatic N) is 2. The summed E-state index contributed by atoms with van der Waals surface area (Å²) in [5.41, 5.74) is 9.77. The molecule has 1 aromatic heterocycles. The van der Waals surface area contributed by atoms with Crippen molar-refractivity contribution in [2.75, 3.05) is 11.4 Å². The average Bonchev–Trinajstić information content (AvgIpc) is 2.98. The molecule has 1 aliphatic heterocycles. The molecule has 0 amide bonds. The fourth-order valence-electron chi connectivity index (χ4n) is 2.37. The molecule has 94 valence electrons. The van der Waals surface area contributed by atoms with Gasteiger partial charge in [0.2, 0.25) is 0 Å². The first-order chi connectivity index (χ1) is 8.74. The Morgan fingerprint density at radius 2 is 2.28 bits per heavy atom. The first-order valence-corrected chi connectivity index (χ1v) is 7.15. The number of thiazole rings is 1. The van der Waals surface area contributed by atoms with E-state index < -0.39 is 0 Å². The van der Waals surface area contributed by atoms with Gasteiger partial charge in [-0.15, -0.1) is 11.3 Å². The van der Waals surface area contributed by atoms with Crippen molar-refractivity contribution in [3.05, 3.63) is 45.9 Å². The van der Waals surface area contributed by atoms with Crippen molar-refractivity contribution in [2.45, 2.75) is 25.9 Å². The number of nitrogens with two attached hydrogens (primary N) is 1. The van der Waals surface area contributed by atoms with E-state index in [9.17, 15) is 0 Å². The molecule has 2 heterocycles. The highest BCUT2D eigenvalue weighted by Gasteiger charge is 2.19. The average molecular weight is 259 g/mol. The predicted molar refractivity (Wildman–Crippen MR) is 75.9 cm³/mol. The van der Waals surface area contributed by atoms with Crippen LogP contribution in [-0.2, 0) is 13.0 Å². The third kappa shape index (κ3) is 2.13. The van der Waals surface area contributed by atoms with E-state index in [2.05, 4.69) is 39.5 Å². The van der Waals surface area contributed by atoms with Gasteiger partial charge in [-0.25, -0.2) is 4.98 Å². The number of hydrogen-bond acceptors (Lipinski definition) is 4. The summed E-state index contributed by atoms with van der Waals surface area (Å²) in [6.07, 6.45) is 1.14. The molecule has 2 aromatic rings. The standard InChI is InChI=1S/C14H17N3S/c1-10(15)14-16-12(9-18-14)8-17-7-6-11-4-2-3-5-13(11)17/h2-5,9-10H,6-8,15H2,1H3. The predicted octanol–water partition coefficient (Wildman–Crippen LogP) is 2.73. The summed E-state index contributed by atoms with van der Waals surface area (Å²) in [5, 5.41) is 3.15. The van der Waals surface area contributed by atoms with Crippen molar-refractivity contribution >= 4 is 17.0 Å². The molecule has 0 saturated heterocycles. The maximum atomic E-state index is 5.85. The molecule has 1 unspecified atom stereocenters. The van der Waals surface area contributed by atoms with E-state index in [0.29, 0.717) is 0 Å². The highest BCUT2D eigenvalue weighted by atomic mass is 32.1. The second-order valence-corrected chi connectivity index (χ2v) is 5.66. The van der Waals surface area contributed by atoms with Crippen LogP contribution in [0.15, 0.2) is 29.6 Å². The molecular weight excluding hydrogens is 242 g/mol. The molecule has 0 radical (unpaired) electrons. The topological polar surface area (TPSA) is 42.1 Å². The molecule has 0 bridgehead atoms. The second kappa shape index (κ2) is 4.71. The minimum absolute atomic E-state index is 0.0367. The maximum absolute atomic E-state index is 5.85. The van der Waals surface area contributed by atoms with Gasteiger partial charge in [-0.3, -0.25) is 0 Å². The first-order valence-electron chi connectivity index (χ1n) is 6.27. The van der Waals surface area contributed by atoms with Crippen LogP contribution in [0.1, 0.15) is 29.2 Å². The van der Waals surface area contributed by atoms with Gasteiger partial charge < -0.3 is 10.6 Å². The quantitative estimate of drug-likeness (QED) is 0.921.